The molecule has 6 nitrogen and oxygen atoms in total. The van der Waals surface area contributed by atoms with Crippen LogP contribution in [0.5, 0.6) is 0 Å². The van der Waals surface area contributed by atoms with Gasteiger partial charge in [-0.15, -0.1) is 0 Å². The summed E-state index contributed by atoms with van der Waals surface area (Å²) >= 11 is 1.02. The molecule has 0 aromatic rings. The molecule has 3 atom stereocenters. The molecule has 3 amide bonds. The van der Waals surface area contributed by atoms with Gasteiger partial charge in [0, 0.05) is 19.0 Å². The van der Waals surface area contributed by atoms with Crippen molar-refractivity contribution in [2.24, 2.45) is 5.92 Å². The Morgan fingerprint density at radius 2 is 2.29 bits per heavy atom. The Bertz CT molecular complexity index is 414. The summed E-state index contributed by atoms with van der Waals surface area (Å²) in [4.78, 5) is 37.6. The number of likely N-dealkylation sites (tertiary alicyclic amines) is 1. The predicted octanol–water partition coefficient (Wildman–Crippen LogP) is -0.499. The third-order valence-electron chi connectivity index (χ3n) is 4.29. The van der Waals surface area contributed by atoms with E-state index in [0.717, 1.165) is 24.9 Å². The normalized spacial score (nSPS) is 27.8. The van der Waals surface area contributed by atoms with E-state index in [2.05, 4.69) is 12.2 Å². The highest BCUT2D eigenvalue weighted by Gasteiger charge is 2.31. The quantitative estimate of drug-likeness (QED) is 0.718. The highest BCUT2D eigenvalue weighted by molar-refractivity contribution is 8.14. The van der Waals surface area contributed by atoms with Gasteiger partial charge >= 0.3 is 0 Å². The van der Waals surface area contributed by atoms with E-state index in [1.807, 2.05) is 6.92 Å². The smallest absolute Gasteiger partial charge is 0.288 e. The Kier molecular flexibility index (Phi) is 5.64. The van der Waals surface area contributed by atoms with E-state index in [9.17, 15) is 14.4 Å². The Labute approximate surface area is 129 Å². The standard InChI is InChI=1S/C14H23N3O3S/c1-10-4-3-6-16(8-10)11(2)13(19)15-5-7-17-12(18)9-21-14(17)20/h10-11H,3-9H2,1-2H3,(H,15,19)/p+1/t10-,11+/m1/s1. The second-order valence-electron chi connectivity index (χ2n) is 5.97. The topological polar surface area (TPSA) is 70.9 Å². The van der Waals surface area contributed by atoms with E-state index in [1.165, 1.54) is 22.6 Å². The number of quaternary nitrogens is 1. The number of amides is 3. The van der Waals surface area contributed by atoms with Gasteiger partial charge in [0.05, 0.1) is 18.8 Å². The maximum Gasteiger partial charge on any atom is 0.288 e. The maximum atomic E-state index is 12.2. The van der Waals surface area contributed by atoms with Gasteiger partial charge in [0.25, 0.3) is 11.1 Å². The fourth-order valence-corrected chi connectivity index (χ4v) is 3.70. The molecule has 2 N–H and O–H groups in total. The monoisotopic (exact) mass is 314 g/mol. The van der Waals surface area contributed by atoms with E-state index < -0.39 is 0 Å². The lowest BCUT2D eigenvalue weighted by Crippen LogP contribution is -3.18. The first kappa shape index (κ1) is 16.3. The number of carbonyl (C=O) groups excluding carboxylic acids is 3. The lowest BCUT2D eigenvalue weighted by atomic mass is 9.99. The molecule has 0 radical (unpaired) electrons. The number of thioether (sulfide) groups is 1. The Hall–Kier alpha value is -1.08. The van der Waals surface area contributed by atoms with Crippen LogP contribution < -0.4 is 10.2 Å². The van der Waals surface area contributed by atoms with Crippen LogP contribution in [-0.2, 0) is 9.59 Å². The number of piperidine rings is 1. The van der Waals surface area contributed by atoms with Crippen molar-refractivity contribution in [2.45, 2.75) is 32.7 Å². The third-order valence-corrected chi connectivity index (χ3v) is 5.14. The van der Waals surface area contributed by atoms with Gasteiger partial charge in [-0.1, -0.05) is 18.7 Å². The maximum absolute atomic E-state index is 12.2. The van der Waals surface area contributed by atoms with Crippen LogP contribution in [0.4, 0.5) is 4.79 Å². The van der Waals surface area contributed by atoms with Crippen molar-refractivity contribution in [1.29, 1.82) is 0 Å². The van der Waals surface area contributed by atoms with Crippen LogP contribution in [0.3, 0.4) is 0 Å². The van der Waals surface area contributed by atoms with Crippen molar-refractivity contribution in [3.8, 4) is 0 Å². The average Bonchev–Trinajstić information content (AvgIpc) is 2.78. The second kappa shape index (κ2) is 7.26. The molecule has 7 heteroatoms. The van der Waals surface area contributed by atoms with Gasteiger partial charge in [0.2, 0.25) is 5.91 Å². The zero-order valence-corrected chi connectivity index (χ0v) is 13.5. The fraction of sp³-hybridized carbons (Fsp3) is 0.786. The first-order valence-electron chi connectivity index (χ1n) is 7.58. The SMILES string of the molecule is C[C@@H]1CCC[NH+]([C@@H](C)C(=O)NCCN2C(=O)CSC2=O)C1. The largest absolute Gasteiger partial charge is 0.349 e. The summed E-state index contributed by atoms with van der Waals surface area (Å²) in [6, 6.07) is -0.0768. The Balaban J connectivity index is 1.73. The van der Waals surface area contributed by atoms with Gasteiger partial charge in [-0.2, -0.15) is 0 Å². The number of carbonyl (C=O) groups is 3. The summed E-state index contributed by atoms with van der Waals surface area (Å²) in [6.07, 6.45) is 2.41. The van der Waals surface area contributed by atoms with Crippen molar-refractivity contribution in [3.05, 3.63) is 0 Å². The van der Waals surface area contributed by atoms with E-state index in [-0.39, 0.29) is 35.4 Å². The number of nitrogens with zero attached hydrogens (tertiary/aromatic N) is 1. The summed E-state index contributed by atoms with van der Waals surface area (Å²) in [5, 5.41) is 2.64. The zero-order valence-electron chi connectivity index (χ0n) is 12.7. The van der Waals surface area contributed by atoms with Crippen molar-refractivity contribution in [3.63, 3.8) is 0 Å². The molecule has 21 heavy (non-hydrogen) atoms. The predicted molar refractivity (Wildman–Crippen MR) is 81.1 cm³/mol. The molecule has 118 valence electrons. The first-order chi connectivity index (χ1) is 9.99. The first-order valence-corrected chi connectivity index (χ1v) is 8.57. The molecule has 0 aromatic carbocycles. The van der Waals surface area contributed by atoms with E-state index in [4.69, 9.17) is 0 Å². The summed E-state index contributed by atoms with van der Waals surface area (Å²) in [6.45, 7) is 6.86. The molecule has 2 aliphatic heterocycles. The lowest BCUT2D eigenvalue weighted by Gasteiger charge is -2.31. The van der Waals surface area contributed by atoms with E-state index in [1.54, 1.807) is 0 Å². The summed E-state index contributed by atoms with van der Waals surface area (Å²) in [5.74, 6) is 0.730. The number of hydrogen-bond donors (Lipinski definition) is 2. The number of nitrogens with one attached hydrogen (secondary N) is 2. The lowest BCUT2D eigenvalue weighted by molar-refractivity contribution is -0.922. The molecule has 0 saturated carbocycles. The van der Waals surface area contributed by atoms with Crippen LogP contribution >= 0.6 is 11.8 Å². The molecule has 0 aliphatic carbocycles. The molecule has 2 heterocycles. The molecular formula is C14H24N3O3S+. The number of imide groups is 1. The molecule has 2 fully saturated rings. The van der Waals surface area contributed by atoms with Crippen LogP contribution in [0.1, 0.15) is 26.7 Å². The van der Waals surface area contributed by atoms with Crippen LogP contribution in [0.25, 0.3) is 0 Å². The van der Waals surface area contributed by atoms with Gasteiger partial charge in [0.15, 0.2) is 6.04 Å². The molecule has 2 rings (SSSR count). The van der Waals surface area contributed by atoms with Crippen molar-refractivity contribution < 1.29 is 19.3 Å². The summed E-state index contributed by atoms with van der Waals surface area (Å²) < 4.78 is 0. The molecular weight excluding hydrogens is 290 g/mol. The molecule has 2 saturated heterocycles. The highest BCUT2D eigenvalue weighted by atomic mass is 32.2. The third kappa shape index (κ3) is 4.20. The average molecular weight is 314 g/mol. The van der Waals surface area contributed by atoms with Crippen LogP contribution in [-0.4, -0.2) is 59.9 Å². The molecule has 0 spiro atoms. The van der Waals surface area contributed by atoms with E-state index in [0.29, 0.717) is 12.5 Å². The second-order valence-corrected chi connectivity index (χ2v) is 6.90. The van der Waals surface area contributed by atoms with Crippen molar-refractivity contribution in [2.75, 3.05) is 31.9 Å². The van der Waals surface area contributed by atoms with Crippen LogP contribution in [0.2, 0.25) is 0 Å². The van der Waals surface area contributed by atoms with Gasteiger partial charge < -0.3 is 10.2 Å². The summed E-state index contributed by atoms with van der Waals surface area (Å²) in [7, 11) is 0. The van der Waals surface area contributed by atoms with Gasteiger partial charge in [-0.3, -0.25) is 19.3 Å². The molecule has 0 aromatic heterocycles. The molecule has 1 unspecified atom stereocenters. The number of hydrogen-bond acceptors (Lipinski definition) is 4. The highest BCUT2D eigenvalue weighted by Crippen LogP contribution is 2.17. The minimum Gasteiger partial charge on any atom is -0.349 e. The Morgan fingerprint density at radius 1 is 1.52 bits per heavy atom. The van der Waals surface area contributed by atoms with Crippen LogP contribution in [0.15, 0.2) is 0 Å². The van der Waals surface area contributed by atoms with Crippen molar-refractivity contribution in [1.82, 2.24) is 10.2 Å². The van der Waals surface area contributed by atoms with Crippen LogP contribution in [0, 0.1) is 5.92 Å². The minimum absolute atomic E-state index is 0.00541. The molecule has 2 aliphatic rings. The number of rotatable bonds is 5. The van der Waals surface area contributed by atoms with Crippen molar-refractivity contribution >= 4 is 28.8 Å². The fourth-order valence-electron chi connectivity index (χ4n) is 2.95. The minimum atomic E-state index is -0.210. The summed E-state index contributed by atoms with van der Waals surface area (Å²) in [5.41, 5.74) is 0. The zero-order chi connectivity index (χ0) is 15.4. The Morgan fingerprint density at radius 3 is 2.90 bits per heavy atom. The van der Waals surface area contributed by atoms with Gasteiger partial charge in [-0.25, -0.2) is 0 Å². The van der Waals surface area contributed by atoms with Gasteiger partial charge in [-0.05, 0) is 19.8 Å². The van der Waals surface area contributed by atoms with E-state index >= 15 is 0 Å². The molecule has 0 bridgehead atoms. The van der Waals surface area contributed by atoms with Gasteiger partial charge in [0.1, 0.15) is 0 Å².